The van der Waals surface area contributed by atoms with Gasteiger partial charge in [-0.15, -0.1) is 0 Å². The molecule has 1 saturated heterocycles. The number of amides is 1. The zero-order valence-corrected chi connectivity index (χ0v) is 10.3. The number of nitriles is 1. The molecule has 1 unspecified atom stereocenters. The van der Waals surface area contributed by atoms with Crippen LogP contribution in [0, 0.1) is 17.2 Å². The third-order valence-corrected chi connectivity index (χ3v) is 2.96. The number of carbonyl (C=O) groups is 1. The first kappa shape index (κ1) is 12.2. The Morgan fingerprint density at radius 3 is 2.33 bits per heavy atom. The molecule has 0 N–H and O–H groups in total. The summed E-state index contributed by atoms with van der Waals surface area (Å²) in [6, 6.07) is 7.40. The predicted molar refractivity (Wildman–Crippen MR) is 65.6 cm³/mol. The molecule has 1 aliphatic heterocycles. The van der Waals surface area contributed by atoms with Crippen molar-refractivity contribution in [3.63, 3.8) is 0 Å². The standard InChI is InChI=1S/C13H14N2O3/c1-17-11-4-10(5-12(6-11)18-2)15-8-9(7-14)3-13(15)16/h4-6,9H,3,8H2,1-2H3. The molecular weight excluding hydrogens is 232 g/mol. The fraction of sp³-hybridized carbons (Fsp3) is 0.385. The molecule has 5 heteroatoms. The molecule has 0 aliphatic carbocycles. The van der Waals surface area contributed by atoms with Crippen LogP contribution in [0.25, 0.3) is 0 Å². The summed E-state index contributed by atoms with van der Waals surface area (Å²) in [6.45, 7) is 0.422. The van der Waals surface area contributed by atoms with E-state index in [1.165, 1.54) is 0 Å². The monoisotopic (exact) mass is 246 g/mol. The average Bonchev–Trinajstić information content (AvgIpc) is 2.79. The number of methoxy groups -OCH3 is 2. The molecule has 0 bridgehead atoms. The fourth-order valence-corrected chi connectivity index (χ4v) is 1.99. The van der Waals surface area contributed by atoms with Crippen LogP contribution in [0.15, 0.2) is 18.2 Å². The minimum absolute atomic E-state index is 0.0446. The molecule has 1 amide bonds. The Bertz CT molecular complexity index is 485. The highest BCUT2D eigenvalue weighted by Crippen LogP contribution is 2.31. The summed E-state index contributed by atoms with van der Waals surface area (Å²) >= 11 is 0. The molecule has 18 heavy (non-hydrogen) atoms. The van der Waals surface area contributed by atoms with Gasteiger partial charge < -0.3 is 14.4 Å². The lowest BCUT2D eigenvalue weighted by molar-refractivity contribution is -0.117. The van der Waals surface area contributed by atoms with Crippen molar-refractivity contribution in [3.05, 3.63) is 18.2 Å². The van der Waals surface area contributed by atoms with E-state index < -0.39 is 0 Å². The number of hydrogen-bond donors (Lipinski definition) is 0. The first-order chi connectivity index (χ1) is 8.67. The lowest BCUT2D eigenvalue weighted by Crippen LogP contribution is -2.24. The first-order valence-electron chi connectivity index (χ1n) is 5.61. The highest BCUT2D eigenvalue weighted by Gasteiger charge is 2.30. The van der Waals surface area contributed by atoms with Crippen LogP contribution in [0.2, 0.25) is 0 Å². The largest absolute Gasteiger partial charge is 0.497 e. The van der Waals surface area contributed by atoms with E-state index in [1.807, 2.05) is 0 Å². The van der Waals surface area contributed by atoms with E-state index in [-0.39, 0.29) is 18.2 Å². The minimum atomic E-state index is -0.241. The second kappa shape index (κ2) is 4.96. The van der Waals surface area contributed by atoms with Crippen molar-refractivity contribution < 1.29 is 14.3 Å². The van der Waals surface area contributed by atoms with Gasteiger partial charge in [-0.1, -0.05) is 0 Å². The van der Waals surface area contributed by atoms with Crippen LogP contribution in [0.5, 0.6) is 11.5 Å². The second-order valence-electron chi connectivity index (χ2n) is 4.11. The first-order valence-corrected chi connectivity index (χ1v) is 5.61. The van der Waals surface area contributed by atoms with E-state index >= 15 is 0 Å². The van der Waals surface area contributed by atoms with Crippen molar-refractivity contribution in [3.8, 4) is 17.6 Å². The molecule has 0 aromatic heterocycles. The van der Waals surface area contributed by atoms with Crippen LogP contribution in [-0.2, 0) is 4.79 Å². The number of rotatable bonds is 3. The fourth-order valence-electron chi connectivity index (χ4n) is 1.99. The van der Waals surface area contributed by atoms with E-state index in [1.54, 1.807) is 37.3 Å². The lowest BCUT2D eigenvalue weighted by Gasteiger charge is -2.17. The highest BCUT2D eigenvalue weighted by molar-refractivity contribution is 5.96. The molecule has 5 nitrogen and oxygen atoms in total. The number of benzene rings is 1. The molecule has 1 aliphatic rings. The van der Waals surface area contributed by atoms with Crippen LogP contribution in [0.4, 0.5) is 5.69 Å². The number of nitrogens with zero attached hydrogens (tertiary/aromatic N) is 2. The Balaban J connectivity index is 2.33. The number of hydrogen-bond acceptors (Lipinski definition) is 4. The van der Waals surface area contributed by atoms with E-state index in [0.717, 1.165) is 0 Å². The zero-order valence-electron chi connectivity index (χ0n) is 10.3. The van der Waals surface area contributed by atoms with Gasteiger partial charge in [0.25, 0.3) is 0 Å². The molecule has 1 fully saturated rings. The maximum atomic E-state index is 11.8. The van der Waals surface area contributed by atoms with Gasteiger partial charge in [0.15, 0.2) is 0 Å². The number of carbonyl (C=O) groups excluding carboxylic acids is 1. The van der Waals surface area contributed by atoms with Gasteiger partial charge >= 0.3 is 0 Å². The average molecular weight is 246 g/mol. The van der Waals surface area contributed by atoms with Crippen LogP contribution < -0.4 is 14.4 Å². The molecule has 2 rings (SSSR count). The highest BCUT2D eigenvalue weighted by atomic mass is 16.5. The summed E-state index contributed by atoms with van der Waals surface area (Å²) in [6.07, 6.45) is 0.274. The molecule has 1 atom stereocenters. The normalized spacial score (nSPS) is 18.6. The Labute approximate surface area is 106 Å². The van der Waals surface area contributed by atoms with E-state index in [2.05, 4.69) is 6.07 Å². The van der Waals surface area contributed by atoms with Gasteiger partial charge in [0.2, 0.25) is 5.91 Å². The van der Waals surface area contributed by atoms with Crippen molar-refractivity contribution in [2.45, 2.75) is 6.42 Å². The van der Waals surface area contributed by atoms with Crippen molar-refractivity contribution in [1.82, 2.24) is 0 Å². The van der Waals surface area contributed by atoms with Gasteiger partial charge in [0.1, 0.15) is 11.5 Å². The molecule has 0 radical (unpaired) electrons. The smallest absolute Gasteiger partial charge is 0.228 e. The van der Waals surface area contributed by atoms with Crippen LogP contribution in [0.1, 0.15) is 6.42 Å². The van der Waals surface area contributed by atoms with Gasteiger partial charge in [0.05, 0.1) is 31.9 Å². The third-order valence-electron chi connectivity index (χ3n) is 2.96. The summed E-state index contributed by atoms with van der Waals surface area (Å²) in [5.74, 6) is 0.960. The maximum absolute atomic E-state index is 11.8. The topological polar surface area (TPSA) is 62.6 Å². The molecule has 1 heterocycles. The summed E-state index contributed by atoms with van der Waals surface area (Å²) in [7, 11) is 3.12. The quantitative estimate of drug-likeness (QED) is 0.812. The van der Waals surface area contributed by atoms with Gasteiger partial charge in [-0.2, -0.15) is 5.26 Å². The van der Waals surface area contributed by atoms with E-state index in [0.29, 0.717) is 23.7 Å². The molecule has 0 saturated carbocycles. The lowest BCUT2D eigenvalue weighted by atomic mass is 10.1. The number of ether oxygens (including phenoxy) is 2. The van der Waals surface area contributed by atoms with Gasteiger partial charge in [0, 0.05) is 31.2 Å². The van der Waals surface area contributed by atoms with Crippen molar-refractivity contribution >= 4 is 11.6 Å². The third kappa shape index (κ3) is 2.23. The SMILES string of the molecule is COc1cc(OC)cc(N2CC(C#N)CC2=O)c1. The zero-order chi connectivity index (χ0) is 13.1. The maximum Gasteiger partial charge on any atom is 0.228 e. The van der Waals surface area contributed by atoms with Gasteiger partial charge in [-0.3, -0.25) is 4.79 Å². The Morgan fingerprint density at radius 1 is 1.28 bits per heavy atom. The van der Waals surface area contributed by atoms with Crippen molar-refractivity contribution in [2.75, 3.05) is 25.7 Å². The summed E-state index contributed by atoms with van der Waals surface area (Å²) < 4.78 is 10.3. The molecular formula is C13H14N2O3. The van der Waals surface area contributed by atoms with Crippen molar-refractivity contribution in [1.29, 1.82) is 5.26 Å². The van der Waals surface area contributed by atoms with Crippen LogP contribution in [0.3, 0.4) is 0 Å². The summed E-state index contributed by atoms with van der Waals surface area (Å²) in [5.41, 5.74) is 0.703. The predicted octanol–water partition coefficient (Wildman–Crippen LogP) is 1.58. The Kier molecular flexibility index (Phi) is 3.38. The molecule has 1 aromatic carbocycles. The summed E-state index contributed by atoms with van der Waals surface area (Å²) in [5, 5.41) is 8.87. The minimum Gasteiger partial charge on any atom is -0.497 e. The second-order valence-corrected chi connectivity index (χ2v) is 4.11. The molecule has 94 valence electrons. The van der Waals surface area contributed by atoms with Crippen LogP contribution in [-0.4, -0.2) is 26.7 Å². The van der Waals surface area contributed by atoms with Crippen LogP contribution >= 0.6 is 0 Å². The molecule has 0 spiro atoms. The number of anilines is 1. The molecule has 1 aromatic rings. The Morgan fingerprint density at radius 2 is 1.89 bits per heavy atom. The van der Waals surface area contributed by atoms with E-state index in [4.69, 9.17) is 14.7 Å². The Hall–Kier alpha value is -2.22. The summed E-state index contributed by atoms with van der Waals surface area (Å²) in [4.78, 5) is 13.4. The van der Waals surface area contributed by atoms with Gasteiger partial charge in [-0.05, 0) is 0 Å². The van der Waals surface area contributed by atoms with Crippen molar-refractivity contribution in [2.24, 2.45) is 5.92 Å². The van der Waals surface area contributed by atoms with E-state index in [9.17, 15) is 4.79 Å². The van der Waals surface area contributed by atoms with Gasteiger partial charge in [-0.25, -0.2) is 0 Å².